The third-order valence-corrected chi connectivity index (χ3v) is 2.18. The zero-order valence-corrected chi connectivity index (χ0v) is 10.2. The van der Waals surface area contributed by atoms with Crippen molar-refractivity contribution in [2.24, 2.45) is 5.41 Å². The van der Waals surface area contributed by atoms with Crippen LogP contribution in [0.2, 0.25) is 0 Å². The highest BCUT2D eigenvalue weighted by Crippen LogP contribution is 2.19. The molecule has 0 saturated carbocycles. The van der Waals surface area contributed by atoms with Crippen molar-refractivity contribution in [2.75, 3.05) is 11.9 Å². The van der Waals surface area contributed by atoms with Gasteiger partial charge in [-0.25, -0.2) is 4.68 Å². The average molecular weight is 236 g/mol. The maximum Gasteiger partial charge on any atom is 0.230 e. The van der Waals surface area contributed by atoms with E-state index in [0.717, 1.165) is 0 Å². The lowest BCUT2D eigenvalue weighted by atomic mass is 9.96. The Bertz CT molecular complexity index is 451. The Kier molecular flexibility index (Phi) is 3.86. The fourth-order valence-electron chi connectivity index (χ4n) is 1.16. The molecule has 0 aliphatic heterocycles. The van der Waals surface area contributed by atoms with Crippen LogP contribution in [-0.4, -0.2) is 27.4 Å². The van der Waals surface area contributed by atoms with Crippen LogP contribution >= 0.6 is 0 Å². The molecule has 1 rings (SSSR count). The van der Waals surface area contributed by atoms with Crippen LogP contribution in [0.4, 0.5) is 5.82 Å². The highest BCUT2D eigenvalue weighted by Gasteiger charge is 2.23. The summed E-state index contributed by atoms with van der Waals surface area (Å²) in [5, 5.41) is 24.4. The topological polar surface area (TPSA) is 90.9 Å². The summed E-state index contributed by atoms with van der Waals surface area (Å²) in [7, 11) is 0. The third-order valence-electron chi connectivity index (χ3n) is 2.18. The van der Waals surface area contributed by atoms with E-state index in [-0.39, 0.29) is 24.6 Å². The molecule has 0 atom stereocenters. The number of aliphatic hydroxyl groups is 1. The van der Waals surface area contributed by atoms with E-state index in [0.29, 0.717) is 5.82 Å². The van der Waals surface area contributed by atoms with Gasteiger partial charge in [-0.3, -0.25) is 4.79 Å². The van der Waals surface area contributed by atoms with E-state index in [1.807, 2.05) is 6.07 Å². The Labute approximate surface area is 99.9 Å². The highest BCUT2D eigenvalue weighted by molar-refractivity contribution is 5.94. The first kappa shape index (κ1) is 13.2. The lowest BCUT2D eigenvalue weighted by molar-refractivity contribution is -0.123. The van der Waals surface area contributed by atoms with Gasteiger partial charge in [-0.05, 0) is 0 Å². The molecule has 0 spiro atoms. The van der Waals surface area contributed by atoms with Gasteiger partial charge in [0.15, 0.2) is 0 Å². The van der Waals surface area contributed by atoms with Crippen molar-refractivity contribution in [3.05, 3.63) is 11.8 Å². The number of carbonyl (C=O) groups is 1. The second-order valence-corrected chi connectivity index (χ2v) is 4.67. The van der Waals surface area contributed by atoms with Crippen molar-refractivity contribution in [1.82, 2.24) is 9.78 Å². The van der Waals surface area contributed by atoms with Crippen LogP contribution < -0.4 is 5.32 Å². The number of anilines is 1. The van der Waals surface area contributed by atoms with E-state index in [1.54, 1.807) is 20.8 Å². The van der Waals surface area contributed by atoms with Gasteiger partial charge in [-0.1, -0.05) is 20.8 Å². The number of amides is 1. The van der Waals surface area contributed by atoms with E-state index in [1.165, 1.54) is 10.9 Å². The second kappa shape index (κ2) is 4.97. The van der Waals surface area contributed by atoms with E-state index in [4.69, 9.17) is 10.4 Å². The molecule has 1 aromatic heterocycles. The predicted octanol–water partition coefficient (Wildman–Crippen LogP) is 0.732. The molecule has 17 heavy (non-hydrogen) atoms. The number of aliphatic hydroxyl groups excluding tert-OH is 1. The number of aromatic nitrogens is 2. The molecule has 0 radical (unpaired) electrons. The lowest BCUT2D eigenvalue weighted by Crippen LogP contribution is -2.29. The summed E-state index contributed by atoms with van der Waals surface area (Å²) in [6.45, 7) is 5.47. The number of nitrogens with one attached hydrogen (secondary N) is 1. The first-order valence-electron chi connectivity index (χ1n) is 5.28. The maximum atomic E-state index is 11.8. The summed E-state index contributed by atoms with van der Waals surface area (Å²) in [5.74, 6) is 0.134. The summed E-state index contributed by atoms with van der Waals surface area (Å²) in [4.78, 5) is 11.8. The molecule has 1 heterocycles. The zero-order chi connectivity index (χ0) is 13.1. The third kappa shape index (κ3) is 3.04. The van der Waals surface area contributed by atoms with Crippen LogP contribution in [0.15, 0.2) is 6.20 Å². The quantitative estimate of drug-likeness (QED) is 0.809. The van der Waals surface area contributed by atoms with Crippen LogP contribution in [-0.2, 0) is 11.3 Å². The van der Waals surface area contributed by atoms with Gasteiger partial charge in [0.25, 0.3) is 0 Å². The minimum absolute atomic E-state index is 0.106. The molecular weight excluding hydrogens is 220 g/mol. The van der Waals surface area contributed by atoms with Crippen LogP contribution in [0.3, 0.4) is 0 Å². The maximum absolute atomic E-state index is 11.8. The Hall–Kier alpha value is -1.87. The molecule has 6 heteroatoms. The molecule has 0 bridgehead atoms. The molecule has 0 unspecified atom stereocenters. The first-order chi connectivity index (χ1) is 7.90. The SMILES string of the molecule is CC(C)(C)C(=O)Nc1c(C#N)cnn1CCO. The molecule has 1 amide bonds. The van der Waals surface area contributed by atoms with Gasteiger partial charge in [0.2, 0.25) is 5.91 Å². The van der Waals surface area contributed by atoms with Crippen LogP contribution in [0.25, 0.3) is 0 Å². The highest BCUT2D eigenvalue weighted by atomic mass is 16.3. The van der Waals surface area contributed by atoms with Gasteiger partial charge >= 0.3 is 0 Å². The van der Waals surface area contributed by atoms with Gasteiger partial charge in [0.1, 0.15) is 17.5 Å². The van der Waals surface area contributed by atoms with Gasteiger partial charge in [0.05, 0.1) is 19.3 Å². The van der Waals surface area contributed by atoms with E-state index >= 15 is 0 Å². The van der Waals surface area contributed by atoms with Gasteiger partial charge in [0, 0.05) is 5.41 Å². The average Bonchev–Trinajstić information content (AvgIpc) is 2.60. The van der Waals surface area contributed by atoms with Crippen molar-refractivity contribution in [3.63, 3.8) is 0 Å². The van der Waals surface area contributed by atoms with Crippen LogP contribution in [0, 0.1) is 16.7 Å². The number of carbonyl (C=O) groups excluding carboxylic acids is 1. The molecule has 6 nitrogen and oxygen atoms in total. The summed E-state index contributed by atoms with van der Waals surface area (Å²) < 4.78 is 1.40. The molecule has 0 aliphatic carbocycles. The molecular formula is C11H16N4O2. The summed E-state index contributed by atoms with van der Waals surface area (Å²) in [5.41, 5.74) is -0.267. The molecule has 92 valence electrons. The Morgan fingerprint density at radius 2 is 2.29 bits per heavy atom. The van der Waals surface area contributed by atoms with E-state index in [2.05, 4.69) is 10.4 Å². The molecule has 0 saturated heterocycles. The standard InChI is InChI=1S/C11H16N4O2/c1-11(2,3)10(17)14-9-8(6-12)7-13-15(9)4-5-16/h7,16H,4-5H2,1-3H3,(H,14,17). The smallest absolute Gasteiger partial charge is 0.230 e. The number of hydrogen-bond donors (Lipinski definition) is 2. The van der Waals surface area contributed by atoms with Gasteiger partial charge in [-0.2, -0.15) is 10.4 Å². The molecule has 2 N–H and O–H groups in total. The van der Waals surface area contributed by atoms with Crippen molar-refractivity contribution in [2.45, 2.75) is 27.3 Å². The number of hydrogen-bond acceptors (Lipinski definition) is 4. The van der Waals surface area contributed by atoms with Crippen LogP contribution in [0.5, 0.6) is 0 Å². The predicted molar refractivity (Wildman–Crippen MR) is 62.1 cm³/mol. The fraction of sp³-hybridized carbons (Fsp3) is 0.545. The lowest BCUT2D eigenvalue weighted by Gasteiger charge is -2.18. The van der Waals surface area contributed by atoms with Crippen LogP contribution in [0.1, 0.15) is 26.3 Å². The van der Waals surface area contributed by atoms with Crippen molar-refractivity contribution in [1.29, 1.82) is 5.26 Å². The van der Waals surface area contributed by atoms with Crippen molar-refractivity contribution >= 4 is 11.7 Å². The first-order valence-corrected chi connectivity index (χ1v) is 5.28. The number of nitrogens with zero attached hydrogens (tertiary/aromatic N) is 3. The summed E-state index contributed by atoms with van der Waals surface area (Å²) in [6, 6.07) is 1.95. The minimum atomic E-state index is -0.555. The summed E-state index contributed by atoms with van der Waals surface area (Å²) >= 11 is 0. The minimum Gasteiger partial charge on any atom is -0.394 e. The van der Waals surface area contributed by atoms with E-state index in [9.17, 15) is 4.79 Å². The van der Waals surface area contributed by atoms with Gasteiger partial charge < -0.3 is 10.4 Å². The Morgan fingerprint density at radius 3 is 2.76 bits per heavy atom. The zero-order valence-electron chi connectivity index (χ0n) is 10.2. The van der Waals surface area contributed by atoms with Crippen molar-refractivity contribution in [3.8, 4) is 6.07 Å². The molecule has 0 aliphatic rings. The van der Waals surface area contributed by atoms with Gasteiger partial charge in [-0.15, -0.1) is 0 Å². The fourth-order valence-corrected chi connectivity index (χ4v) is 1.16. The molecule has 0 fully saturated rings. The molecule has 0 aromatic carbocycles. The Balaban J connectivity index is 3.00. The summed E-state index contributed by atoms with van der Waals surface area (Å²) in [6.07, 6.45) is 1.37. The molecule has 1 aromatic rings. The van der Waals surface area contributed by atoms with E-state index < -0.39 is 5.41 Å². The number of rotatable bonds is 3. The van der Waals surface area contributed by atoms with Crippen molar-refractivity contribution < 1.29 is 9.90 Å². The Morgan fingerprint density at radius 1 is 1.65 bits per heavy atom. The normalized spacial score (nSPS) is 11.0. The largest absolute Gasteiger partial charge is 0.394 e. The number of nitriles is 1. The monoisotopic (exact) mass is 236 g/mol. The second-order valence-electron chi connectivity index (χ2n) is 4.67.